The van der Waals surface area contributed by atoms with E-state index in [1.807, 2.05) is 48.7 Å². The molecule has 0 spiro atoms. The number of fused-ring (bicyclic) bond motifs is 5. The minimum atomic E-state index is 0.668. The highest BCUT2D eigenvalue weighted by Gasteiger charge is 2.23. The van der Waals surface area contributed by atoms with Gasteiger partial charge in [0.25, 0.3) is 0 Å². The predicted octanol–water partition coefficient (Wildman–Crippen LogP) is 9.12. The number of pyridine rings is 1. The van der Waals surface area contributed by atoms with E-state index in [-0.39, 0.29) is 0 Å². The molecule has 8 aromatic rings. The maximum absolute atomic E-state index is 7.02. The Morgan fingerprint density at radius 2 is 1.31 bits per heavy atom. The SMILES string of the molecule is Nc1c(Nc2ccccc2)c2ccc3c(c4ccccc4n3-c3cccc(-c4ccccn4)c3)c2n1-c1ccccc1. The van der Waals surface area contributed by atoms with E-state index in [9.17, 15) is 0 Å². The highest BCUT2D eigenvalue weighted by Crippen LogP contribution is 2.44. The monoisotopic (exact) mass is 541 g/mol. The van der Waals surface area contributed by atoms with E-state index in [0.717, 1.165) is 61.3 Å². The summed E-state index contributed by atoms with van der Waals surface area (Å²) in [6.45, 7) is 0. The number of nitrogen functional groups attached to an aromatic ring is 1. The minimum Gasteiger partial charge on any atom is -0.383 e. The second-order valence-electron chi connectivity index (χ2n) is 10.4. The van der Waals surface area contributed by atoms with Gasteiger partial charge in [-0.2, -0.15) is 0 Å². The molecule has 8 rings (SSSR count). The van der Waals surface area contributed by atoms with E-state index >= 15 is 0 Å². The van der Waals surface area contributed by atoms with Gasteiger partial charge >= 0.3 is 0 Å². The molecule has 0 aliphatic heterocycles. The van der Waals surface area contributed by atoms with E-state index in [1.54, 1.807) is 0 Å². The molecule has 0 amide bonds. The number of nitrogens with zero attached hydrogens (tertiary/aromatic N) is 3. The molecular weight excluding hydrogens is 514 g/mol. The fourth-order valence-electron chi connectivity index (χ4n) is 6.10. The Bertz CT molecular complexity index is 2210. The number of benzene rings is 5. The molecule has 0 saturated heterocycles. The van der Waals surface area contributed by atoms with Crippen LogP contribution in [0.25, 0.3) is 55.3 Å². The second kappa shape index (κ2) is 9.68. The highest BCUT2D eigenvalue weighted by atomic mass is 15.1. The first kappa shape index (κ1) is 24.0. The highest BCUT2D eigenvalue weighted by molar-refractivity contribution is 6.24. The van der Waals surface area contributed by atoms with E-state index in [0.29, 0.717) is 5.82 Å². The Hall–Kier alpha value is -5.81. The molecule has 0 bridgehead atoms. The normalized spacial score (nSPS) is 11.4. The average molecular weight is 542 g/mol. The van der Waals surface area contributed by atoms with Gasteiger partial charge < -0.3 is 15.6 Å². The fourth-order valence-corrected chi connectivity index (χ4v) is 6.10. The third kappa shape index (κ3) is 3.75. The number of nitrogens with two attached hydrogens (primary N) is 1. The lowest BCUT2D eigenvalue weighted by molar-refractivity contribution is 1.14. The summed E-state index contributed by atoms with van der Waals surface area (Å²) >= 11 is 0. The molecular formula is C37H27N5. The van der Waals surface area contributed by atoms with Crippen LogP contribution < -0.4 is 11.1 Å². The lowest BCUT2D eigenvalue weighted by Crippen LogP contribution is -2.02. The summed E-state index contributed by atoms with van der Waals surface area (Å²) in [5.41, 5.74) is 16.4. The van der Waals surface area contributed by atoms with Crippen LogP contribution in [0.5, 0.6) is 0 Å². The summed E-state index contributed by atoms with van der Waals surface area (Å²) in [5.74, 6) is 0.668. The van der Waals surface area contributed by atoms with Crippen LogP contribution in [0.1, 0.15) is 0 Å². The first-order valence-electron chi connectivity index (χ1n) is 14.0. The maximum atomic E-state index is 7.02. The van der Waals surface area contributed by atoms with Crippen molar-refractivity contribution < 1.29 is 0 Å². The second-order valence-corrected chi connectivity index (χ2v) is 10.4. The zero-order valence-electron chi connectivity index (χ0n) is 22.8. The Morgan fingerprint density at radius 3 is 2.12 bits per heavy atom. The molecule has 200 valence electrons. The first-order valence-corrected chi connectivity index (χ1v) is 14.0. The minimum absolute atomic E-state index is 0.668. The Kier molecular flexibility index (Phi) is 5.54. The molecule has 3 N–H and O–H groups in total. The van der Waals surface area contributed by atoms with Crippen LogP contribution in [0.15, 0.2) is 146 Å². The first-order chi connectivity index (χ1) is 20.8. The quantitative estimate of drug-likeness (QED) is 0.228. The van der Waals surface area contributed by atoms with Crippen molar-refractivity contribution in [1.82, 2.24) is 14.1 Å². The number of anilines is 3. The zero-order valence-corrected chi connectivity index (χ0v) is 22.8. The maximum Gasteiger partial charge on any atom is 0.133 e. The van der Waals surface area contributed by atoms with Crippen LogP contribution in [-0.2, 0) is 0 Å². The molecule has 0 saturated carbocycles. The Labute approximate surface area is 243 Å². The largest absolute Gasteiger partial charge is 0.383 e. The lowest BCUT2D eigenvalue weighted by Gasteiger charge is -2.11. The molecule has 3 heterocycles. The third-order valence-electron chi connectivity index (χ3n) is 7.92. The van der Waals surface area contributed by atoms with Crippen molar-refractivity contribution in [3.63, 3.8) is 0 Å². The molecule has 0 radical (unpaired) electrons. The zero-order chi connectivity index (χ0) is 28.0. The Morgan fingerprint density at radius 1 is 0.571 bits per heavy atom. The van der Waals surface area contributed by atoms with Gasteiger partial charge in [-0.15, -0.1) is 0 Å². The van der Waals surface area contributed by atoms with Gasteiger partial charge in [0.2, 0.25) is 0 Å². The molecule has 0 aliphatic carbocycles. The summed E-state index contributed by atoms with van der Waals surface area (Å²) < 4.78 is 4.53. The molecule has 5 aromatic carbocycles. The number of para-hydroxylation sites is 3. The Balaban J connectivity index is 1.47. The summed E-state index contributed by atoms with van der Waals surface area (Å²) in [6.07, 6.45) is 1.84. The van der Waals surface area contributed by atoms with Gasteiger partial charge in [0.1, 0.15) is 5.82 Å². The standard InChI is InChI=1S/C37H27N5/c38-37-35(40-26-13-3-1-4-14-26)30-21-22-33-34(36(30)42(37)27-15-5-2-6-16-27)29-18-7-8-20-32(29)41(33)28-17-11-12-25(24-28)31-19-9-10-23-39-31/h1-24,40H,38H2. The molecule has 0 atom stereocenters. The van der Waals surface area contributed by atoms with Crippen molar-refractivity contribution in [3.05, 3.63) is 146 Å². The number of hydrogen-bond acceptors (Lipinski definition) is 3. The number of nitrogens with one attached hydrogen (secondary N) is 1. The van der Waals surface area contributed by atoms with Gasteiger partial charge in [-0.05, 0) is 66.7 Å². The van der Waals surface area contributed by atoms with Crippen molar-refractivity contribution in [2.45, 2.75) is 0 Å². The fraction of sp³-hybridized carbons (Fsp3) is 0. The summed E-state index contributed by atoms with van der Waals surface area (Å²) in [7, 11) is 0. The van der Waals surface area contributed by atoms with E-state index in [2.05, 4.69) is 116 Å². The van der Waals surface area contributed by atoms with Gasteiger partial charge in [0.05, 0.1) is 27.9 Å². The van der Waals surface area contributed by atoms with Crippen molar-refractivity contribution in [1.29, 1.82) is 0 Å². The van der Waals surface area contributed by atoms with Gasteiger partial charge in [-0.1, -0.05) is 72.8 Å². The molecule has 42 heavy (non-hydrogen) atoms. The van der Waals surface area contributed by atoms with Crippen LogP contribution in [0, 0.1) is 0 Å². The van der Waals surface area contributed by atoms with Crippen LogP contribution in [0.4, 0.5) is 17.2 Å². The molecule has 0 fully saturated rings. The van der Waals surface area contributed by atoms with Gasteiger partial charge in [-0.25, -0.2) is 0 Å². The molecule has 5 heteroatoms. The van der Waals surface area contributed by atoms with Gasteiger partial charge in [-0.3, -0.25) is 9.55 Å². The number of aromatic nitrogens is 3. The van der Waals surface area contributed by atoms with E-state index in [1.165, 1.54) is 5.39 Å². The van der Waals surface area contributed by atoms with Gasteiger partial charge in [0.15, 0.2) is 0 Å². The molecule has 0 aliphatic rings. The smallest absolute Gasteiger partial charge is 0.133 e. The third-order valence-corrected chi connectivity index (χ3v) is 7.92. The van der Waals surface area contributed by atoms with E-state index < -0.39 is 0 Å². The van der Waals surface area contributed by atoms with Crippen molar-refractivity contribution in [2.75, 3.05) is 11.1 Å². The summed E-state index contributed by atoms with van der Waals surface area (Å²) in [4.78, 5) is 4.60. The number of rotatable bonds is 5. The van der Waals surface area contributed by atoms with Crippen molar-refractivity contribution in [3.8, 4) is 22.6 Å². The lowest BCUT2D eigenvalue weighted by atomic mass is 10.1. The average Bonchev–Trinajstić information content (AvgIpc) is 3.54. The topological polar surface area (TPSA) is 60.8 Å². The summed E-state index contributed by atoms with van der Waals surface area (Å²) in [6, 6.07) is 48.2. The molecule has 3 aromatic heterocycles. The van der Waals surface area contributed by atoms with Crippen LogP contribution in [-0.4, -0.2) is 14.1 Å². The summed E-state index contributed by atoms with van der Waals surface area (Å²) in [5, 5.41) is 7.01. The van der Waals surface area contributed by atoms with Gasteiger partial charge in [0, 0.05) is 45.0 Å². The predicted molar refractivity (Wildman–Crippen MR) is 175 cm³/mol. The van der Waals surface area contributed by atoms with Crippen molar-refractivity contribution >= 4 is 49.9 Å². The van der Waals surface area contributed by atoms with E-state index in [4.69, 9.17) is 5.73 Å². The van der Waals surface area contributed by atoms with Crippen LogP contribution in [0.2, 0.25) is 0 Å². The van der Waals surface area contributed by atoms with Crippen molar-refractivity contribution in [2.24, 2.45) is 0 Å². The van der Waals surface area contributed by atoms with Crippen LogP contribution >= 0.6 is 0 Å². The molecule has 5 nitrogen and oxygen atoms in total. The van der Waals surface area contributed by atoms with Crippen LogP contribution in [0.3, 0.4) is 0 Å². The molecule has 0 unspecified atom stereocenters. The number of hydrogen-bond donors (Lipinski definition) is 2.